The molecule has 0 fully saturated rings. The second-order valence-corrected chi connectivity index (χ2v) is 4.71. The number of carbonyl (C=O) groups excluding carboxylic acids is 1. The molecule has 3 rings (SSSR count). The molecule has 0 atom stereocenters. The average Bonchev–Trinajstić information content (AvgIpc) is 2.46. The van der Waals surface area contributed by atoms with E-state index < -0.39 is 6.09 Å². The van der Waals surface area contributed by atoms with Gasteiger partial charge in [-0.3, -0.25) is 5.32 Å². The summed E-state index contributed by atoms with van der Waals surface area (Å²) in [5.74, 6) is 1.08. The van der Waals surface area contributed by atoms with E-state index in [0.717, 1.165) is 16.7 Å². The van der Waals surface area contributed by atoms with Gasteiger partial charge in [0.2, 0.25) is 0 Å². The number of hydrogen-bond acceptors (Lipinski definition) is 4. The van der Waals surface area contributed by atoms with E-state index in [-0.39, 0.29) is 0 Å². The van der Waals surface area contributed by atoms with Crippen LogP contribution in [-0.2, 0) is 11.3 Å². The van der Waals surface area contributed by atoms with Gasteiger partial charge in [0.25, 0.3) is 0 Å². The molecule has 0 unspecified atom stereocenters. The molecule has 6 heteroatoms. The minimum atomic E-state index is -0.564. The Morgan fingerprint density at radius 1 is 1.40 bits per heavy atom. The first-order valence-corrected chi connectivity index (χ1v) is 6.32. The minimum Gasteiger partial charge on any atom is -0.487 e. The van der Waals surface area contributed by atoms with E-state index in [9.17, 15) is 4.79 Å². The molecule has 0 saturated carbocycles. The summed E-state index contributed by atoms with van der Waals surface area (Å²) in [5, 5.41) is 3.19. The van der Waals surface area contributed by atoms with E-state index in [0.29, 0.717) is 23.2 Å². The summed E-state index contributed by atoms with van der Waals surface area (Å²) in [6.07, 6.45) is 1.02. The van der Waals surface area contributed by atoms with Gasteiger partial charge in [0.15, 0.2) is 0 Å². The highest BCUT2D eigenvalue weighted by atomic mass is 35.5. The fourth-order valence-electron chi connectivity index (χ4n) is 2.09. The molecule has 102 valence electrons. The topological polar surface area (TPSA) is 60.5 Å². The average molecular weight is 291 g/mol. The number of amides is 1. The third-order valence-electron chi connectivity index (χ3n) is 3.02. The molecule has 0 radical (unpaired) electrons. The van der Waals surface area contributed by atoms with E-state index in [4.69, 9.17) is 16.3 Å². The van der Waals surface area contributed by atoms with Crippen LogP contribution in [0.3, 0.4) is 0 Å². The lowest BCUT2D eigenvalue weighted by molar-refractivity contribution is 0.187. The van der Waals surface area contributed by atoms with E-state index in [1.54, 1.807) is 12.3 Å². The number of hydrogen-bond donors (Lipinski definition) is 1. The molecule has 1 aromatic carbocycles. The van der Waals surface area contributed by atoms with E-state index >= 15 is 0 Å². The summed E-state index contributed by atoms with van der Waals surface area (Å²) in [6, 6.07) is 7.37. The number of fused-ring (bicyclic) bond motifs is 3. The van der Waals surface area contributed by atoms with Crippen molar-refractivity contribution in [1.82, 2.24) is 4.98 Å². The Bertz CT molecular complexity index is 688. The van der Waals surface area contributed by atoms with Crippen LogP contribution in [0.2, 0.25) is 5.02 Å². The molecular formula is C14H11ClN2O3. The Morgan fingerprint density at radius 3 is 3.05 bits per heavy atom. The van der Waals surface area contributed by atoms with Crippen LogP contribution in [0, 0.1) is 0 Å². The fourth-order valence-corrected chi connectivity index (χ4v) is 2.29. The summed E-state index contributed by atoms with van der Waals surface area (Å²) in [4.78, 5) is 15.3. The van der Waals surface area contributed by atoms with E-state index in [2.05, 4.69) is 15.0 Å². The van der Waals surface area contributed by atoms with Gasteiger partial charge in [0, 0.05) is 10.6 Å². The summed E-state index contributed by atoms with van der Waals surface area (Å²) >= 11 is 5.98. The SMILES string of the molecule is COC(=O)Nc1cc2c(cn1)OCc1cc(Cl)ccc1-2. The van der Waals surface area contributed by atoms with Crippen molar-refractivity contribution >= 4 is 23.5 Å². The van der Waals surface area contributed by atoms with Crippen molar-refractivity contribution in [3.05, 3.63) is 41.0 Å². The van der Waals surface area contributed by atoms with Crippen LogP contribution in [0.15, 0.2) is 30.5 Å². The first kappa shape index (κ1) is 12.7. The number of nitrogens with zero attached hydrogens (tertiary/aromatic N) is 1. The lowest BCUT2D eigenvalue weighted by atomic mass is 9.98. The van der Waals surface area contributed by atoms with Crippen molar-refractivity contribution in [1.29, 1.82) is 0 Å². The highest BCUT2D eigenvalue weighted by Crippen LogP contribution is 2.39. The molecular weight excluding hydrogens is 280 g/mol. The van der Waals surface area contributed by atoms with Gasteiger partial charge in [-0.05, 0) is 29.3 Å². The molecule has 0 saturated heterocycles. The van der Waals surface area contributed by atoms with Crippen molar-refractivity contribution in [3.8, 4) is 16.9 Å². The van der Waals surface area contributed by atoms with Gasteiger partial charge in [-0.15, -0.1) is 0 Å². The zero-order valence-electron chi connectivity index (χ0n) is 10.6. The van der Waals surface area contributed by atoms with Crippen LogP contribution in [-0.4, -0.2) is 18.2 Å². The molecule has 2 heterocycles. The van der Waals surface area contributed by atoms with Crippen molar-refractivity contribution in [2.24, 2.45) is 0 Å². The number of aromatic nitrogens is 1. The third-order valence-corrected chi connectivity index (χ3v) is 3.26. The monoisotopic (exact) mass is 290 g/mol. The number of methoxy groups -OCH3 is 1. The number of anilines is 1. The summed E-state index contributed by atoms with van der Waals surface area (Å²) in [6.45, 7) is 0.453. The zero-order chi connectivity index (χ0) is 14.1. The second-order valence-electron chi connectivity index (χ2n) is 4.27. The molecule has 1 N–H and O–H groups in total. The van der Waals surface area contributed by atoms with E-state index in [1.165, 1.54) is 7.11 Å². The largest absolute Gasteiger partial charge is 0.487 e. The van der Waals surface area contributed by atoms with Crippen LogP contribution in [0.25, 0.3) is 11.1 Å². The molecule has 0 bridgehead atoms. The summed E-state index contributed by atoms with van der Waals surface area (Å²) in [5.41, 5.74) is 2.88. The normalized spacial score (nSPS) is 11.9. The van der Waals surface area contributed by atoms with E-state index in [1.807, 2.05) is 18.2 Å². The van der Waals surface area contributed by atoms with Crippen LogP contribution in [0.4, 0.5) is 10.6 Å². The quantitative estimate of drug-likeness (QED) is 0.873. The van der Waals surface area contributed by atoms with Crippen molar-refractivity contribution < 1.29 is 14.3 Å². The van der Waals surface area contributed by atoms with Crippen molar-refractivity contribution in [3.63, 3.8) is 0 Å². The number of ether oxygens (including phenoxy) is 2. The first-order chi connectivity index (χ1) is 9.67. The first-order valence-electron chi connectivity index (χ1n) is 5.94. The highest BCUT2D eigenvalue weighted by Gasteiger charge is 2.19. The zero-order valence-corrected chi connectivity index (χ0v) is 11.4. The number of carbonyl (C=O) groups is 1. The molecule has 2 aromatic rings. The van der Waals surface area contributed by atoms with Crippen LogP contribution in [0.5, 0.6) is 5.75 Å². The van der Waals surface area contributed by atoms with Crippen molar-refractivity contribution in [2.75, 3.05) is 12.4 Å². The molecule has 0 spiro atoms. The Labute approximate surface area is 120 Å². The molecule has 1 aromatic heterocycles. The Morgan fingerprint density at radius 2 is 2.25 bits per heavy atom. The minimum absolute atomic E-state index is 0.405. The maximum atomic E-state index is 11.2. The summed E-state index contributed by atoms with van der Waals surface area (Å²) in [7, 11) is 1.30. The third kappa shape index (κ3) is 2.28. The van der Waals surface area contributed by atoms with Crippen LogP contribution in [0.1, 0.15) is 5.56 Å². The number of benzene rings is 1. The molecule has 0 aliphatic carbocycles. The molecule has 1 aliphatic heterocycles. The lowest BCUT2D eigenvalue weighted by Crippen LogP contribution is -2.13. The highest BCUT2D eigenvalue weighted by molar-refractivity contribution is 6.30. The van der Waals surface area contributed by atoms with Gasteiger partial charge < -0.3 is 9.47 Å². The van der Waals surface area contributed by atoms with Crippen LogP contribution >= 0.6 is 11.6 Å². The number of rotatable bonds is 1. The van der Waals surface area contributed by atoms with Gasteiger partial charge in [-0.1, -0.05) is 17.7 Å². The van der Waals surface area contributed by atoms with Gasteiger partial charge in [0.05, 0.1) is 13.3 Å². The smallest absolute Gasteiger partial charge is 0.412 e. The number of halogens is 1. The number of pyridine rings is 1. The van der Waals surface area contributed by atoms with Crippen molar-refractivity contribution in [2.45, 2.75) is 6.61 Å². The molecule has 5 nitrogen and oxygen atoms in total. The van der Waals surface area contributed by atoms with Gasteiger partial charge in [-0.2, -0.15) is 0 Å². The van der Waals surface area contributed by atoms with Gasteiger partial charge in [-0.25, -0.2) is 9.78 Å². The maximum absolute atomic E-state index is 11.2. The fraction of sp³-hybridized carbons (Fsp3) is 0.143. The van der Waals surface area contributed by atoms with Gasteiger partial charge in [0.1, 0.15) is 18.2 Å². The standard InChI is InChI=1S/C14H11ClN2O3/c1-19-14(18)17-13-5-11-10-3-2-9(15)4-8(10)7-20-12(11)6-16-13/h2-6H,7H2,1H3,(H,16,17,18). The predicted molar refractivity (Wildman–Crippen MR) is 75.0 cm³/mol. The Hall–Kier alpha value is -2.27. The molecule has 20 heavy (non-hydrogen) atoms. The number of nitrogens with one attached hydrogen (secondary N) is 1. The Kier molecular flexibility index (Phi) is 3.20. The predicted octanol–water partition coefficient (Wildman–Crippen LogP) is 3.47. The lowest BCUT2D eigenvalue weighted by Gasteiger charge is -2.21. The summed E-state index contributed by atoms with van der Waals surface area (Å²) < 4.78 is 10.2. The van der Waals surface area contributed by atoms with Gasteiger partial charge >= 0.3 is 6.09 Å². The Balaban J connectivity index is 2.03. The molecule has 1 aliphatic rings. The van der Waals surface area contributed by atoms with Crippen LogP contribution < -0.4 is 10.1 Å². The maximum Gasteiger partial charge on any atom is 0.412 e. The second kappa shape index (κ2) is 5.02. The molecule has 1 amide bonds.